The Kier molecular flexibility index (Phi) is 5.02. The smallest absolute Gasteiger partial charge is 0.251 e. The monoisotopic (exact) mass is 346 g/mol. The molecule has 0 heterocycles. The first-order valence-corrected chi connectivity index (χ1v) is 7.66. The molecular formula is C17H19BrN2O. The Morgan fingerprint density at radius 3 is 2.67 bits per heavy atom. The van der Waals surface area contributed by atoms with E-state index in [0.29, 0.717) is 11.3 Å². The summed E-state index contributed by atoms with van der Waals surface area (Å²) in [5.74, 6) is -0.107. The predicted molar refractivity (Wildman–Crippen MR) is 90.4 cm³/mol. The Morgan fingerprint density at radius 1 is 1.29 bits per heavy atom. The van der Waals surface area contributed by atoms with Gasteiger partial charge in [-0.2, -0.15) is 0 Å². The highest BCUT2D eigenvalue weighted by Gasteiger charge is 2.12. The summed E-state index contributed by atoms with van der Waals surface area (Å²) in [5.41, 5.74) is 9.39. The van der Waals surface area contributed by atoms with Crippen LogP contribution in [0.4, 0.5) is 5.69 Å². The summed E-state index contributed by atoms with van der Waals surface area (Å²) in [4.78, 5) is 12.2. The van der Waals surface area contributed by atoms with Gasteiger partial charge in [0.15, 0.2) is 0 Å². The maximum absolute atomic E-state index is 12.2. The van der Waals surface area contributed by atoms with Crippen LogP contribution in [0.15, 0.2) is 46.9 Å². The zero-order valence-electron chi connectivity index (χ0n) is 12.2. The van der Waals surface area contributed by atoms with E-state index >= 15 is 0 Å². The number of aryl methyl sites for hydroxylation is 1. The standard InChI is InChI=1S/C17H19BrN2O/c1-11-5-3-4-6-13(11)7-12(2)20-17(21)14-8-15(18)10-16(19)9-14/h3-6,8-10,12H,7,19H2,1-2H3,(H,20,21). The van der Waals surface area contributed by atoms with Crippen LogP contribution in [0.2, 0.25) is 0 Å². The van der Waals surface area contributed by atoms with E-state index in [4.69, 9.17) is 5.73 Å². The van der Waals surface area contributed by atoms with Crippen molar-refractivity contribution in [3.05, 3.63) is 63.6 Å². The third kappa shape index (κ3) is 4.33. The summed E-state index contributed by atoms with van der Waals surface area (Å²) in [6.45, 7) is 4.09. The first-order chi connectivity index (χ1) is 9.95. The minimum absolute atomic E-state index is 0.0545. The van der Waals surface area contributed by atoms with E-state index in [1.165, 1.54) is 11.1 Å². The highest BCUT2D eigenvalue weighted by atomic mass is 79.9. The topological polar surface area (TPSA) is 55.1 Å². The second-order valence-electron chi connectivity index (χ2n) is 5.28. The quantitative estimate of drug-likeness (QED) is 0.829. The summed E-state index contributed by atoms with van der Waals surface area (Å²) in [7, 11) is 0. The average Bonchev–Trinajstić information content (AvgIpc) is 2.40. The molecule has 0 aliphatic heterocycles. The van der Waals surface area contributed by atoms with Gasteiger partial charge in [-0.1, -0.05) is 40.2 Å². The third-order valence-corrected chi connectivity index (χ3v) is 3.80. The zero-order valence-corrected chi connectivity index (χ0v) is 13.8. The number of anilines is 1. The van der Waals surface area contributed by atoms with Crippen LogP contribution in [-0.4, -0.2) is 11.9 Å². The lowest BCUT2D eigenvalue weighted by Crippen LogP contribution is -2.34. The fourth-order valence-corrected chi connectivity index (χ4v) is 2.78. The number of benzene rings is 2. The maximum atomic E-state index is 12.2. The van der Waals surface area contributed by atoms with Gasteiger partial charge in [0, 0.05) is 21.8 Å². The molecule has 0 aliphatic rings. The van der Waals surface area contributed by atoms with Gasteiger partial charge in [0.2, 0.25) is 0 Å². The van der Waals surface area contributed by atoms with Gasteiger partial charge in [-0.3, -0.25) is 4.79 Å². The molecule has 2 rings (SSSR count). The first kappa shape index (κ1) is 15.6. The van der Waals surface area contributed by atoms with Crippen molar-refractivity contribution in [2.75, 3.05) is 5.73 Å². The van der Waals surface area contributed by atoms with Crippen LogP contribution in [-0.2, 0) is 6.42 Å². The molecule has 1 atom stereocenters. The third-order valence-electron chi connectivity index (χ3n) is 3.35. The van der Waals surface area contributed by atoms with Gasteiger partial charge in [0.25, 0.3) is 5.91 Å². The molecule has 1 unspecified atom stereocenters. The molecule has 0 aliphatic carbocycles. The number of hydrogen-bond donors (Lipinski definition) is 2. The van der Waals surface area contributed by atoms with Crippen molar-refractivity contribution in [2.24, 2.45) is 0 Å². The van der Waals surface area contributed by atoms with Crippen molar-refractivity contribution in [1.82, 2.24) is 5.32 Å². The lowest BCUT2D eigenvalue weighted by molar-refractivity contribution is 0.0940. The molecule has 0 saturated carbocycles. The van der Waals surface area contributed by atoms with Gasteiger partial charge in [-0.15, -0.1) is 0 Å². The fourth-order valence-electron chi connectivity index (χ4n) is 2.27. The lowest BCUT2D eigenvalue weighted by atomic mass is 10.0. The summed E-state index contributed by atoms with van der Waals surface area (Å²) in [6, 6.07) is 13.5. The first-order valence-electron chi connectivity index (χ1n) is 6.87. The largest absolute Gasteiger partial charge is 0.399 e. The van der Waals surface area contributed by atoms with E-state index in [0.717, 1.165) is 10.9 Å². The molecule has 0 spiro atoms. The normalized spacial score (nSPS) is 12.0. The highest BCUT2D eigenvalue weighted by molar-refractivity contribution is 9.10. The molecular weight excluding hydrogens is 328 g/mol. The summed E-state index contributed by atoms with van der Waals surface area (Å²) < 4.78 is 0.805. The van der Waals surface area contributed by atoms with Crippen LogP contribution in [0.3, 0.4) is 0 Å². The van der Waals surface area contributed by atoms with Crippen LogP contribution in [0.5, 0.6) is 0 Å². The Bertz CT molecular complexity index is 635. The van der Waals surface area contributed by atoms with E-state index in [1.54, 1.807) is 18.2 Å². The van der Waals surface area contributed by atoms with Crippen molar-refractivity contribution in [3.63, 3.8) is 0 Å². The number of halogens is 1. The van der Waals surface area contributed by atoms with Crippen molar-refractivity contribution >= 4 is 27.5 Å². The number of amides is 1. The highest BCUT2D eigenvalue weighted by Crippen LogP contribution is 2.17. The molecule has 21 heavy (non-hydrogen) atoms. The molecule has 110 valence electrons. The van der Waals surface area contributed by atoms with Crippen LogP contribution in [0.25, 0.3) is 0 Å². The second-order valence-corrected chi connectivity index (χ2v) is 6.19. The number of nitrogens with one attached hydrogen (secondary N) is 1. The molecule has 4 heteroatoms. The molecule has 1 amide bonds. The fraction of sp³-hybridized carbons (Fsp3) is 0.235. The van der Waals surface area contributed by atoms with E-state index in [-0.39, 0.29) is 11.9 Å². The Hall–Kier alpha value is -1.81. The van der Waals surface area contributed by atoms with Crippen LogP contribution < -0.4 is 11.1 Å². The van der Waals surface area contributed by atoms with E-state index in [9.17, 15) is 4.79 Å². The molecule has 0 bridgehead atoms. The minimum atomic E-state index is -0.107. The number of nitrogens with two attached hydrogens (primary N) is 1. The number of hydrogen-bond acceptors (Lipinski definition) is 2. The van der Waals surface area contributed by atoms with Gasteiger partial charge in [0.1, 0.15) is 0 Å². The molecule has 0 radical (unpaired) electrons. The van der Waals surface area contributed by atoms with E-state index in [1.807, 2.05) is 19.1 Å². The van der Waals surface area contributed by atoms with E-state index < -0.39 is 0 Å². The van der Waals surface area contributed by atoms with Crippen LogP contribution in [0.1, 0.15) is 28.4 Å². The van der Waals surface area contributed by atoms with Crippen LogP contribution >= 0.6 is 15.9 Å². The molecule has 2 aromatic carbocycles. The summed E-state index contributed by atoms with van der Waals surface area (Å²) in [6.07, 6.45) is 0.807. The number of carbonyl (C=O) groups excluding carboxylic acids is 1. The number of carbonyl (C=O) groups is 1. The van der Waals surface area contributed by atoms with Crippen molar-refractivity contribution < 1.29 is 4.79 Å². The summed E-state index contributed by atoms with van der Waals surface area (Å²) in [5, 5.41) is 3.01. The van der Waals surface area contributed by atoms with Crippen molar-refractivity contribution in [2.45, 2.75) is 26.3 Å². The van der Waals surface area contributed by atoms with Crippen LogP contribution in [0, 0.1) is 6.92 Å². The predicted octanol–water partition coefficient (Wildman–Crippen LogP) is 3.70. The van der Waals surface area contributed by atoms with Crippen molar-refractivity contribution in [1.29, 1.82) is 0 Å². The molecule has 0 fully saturated rings. The Balaban J connectivity index is 2.04. The Morgan fingerprint density at radius 2 is 2.00 bits per heavy atom. The van der Waals surface area contributed by atoms with Gasteiger partial charge < -0.3 is 11.1 Å². The second kappa shape index (κ2) is 6.76. The number of nitrogen functional groups attached to an aromatic ring is 1. The molecule has 2 aromatic rings. The van der Waals surface area contributed by atoms with E-state index in [2.05, 4.69) is 40.3 Å². The lowest BCUT2D eigenvalue weighted by Gasteiger charge is -2.15. The molecule has 3 nitrogen and oxygen atoms in total. The molecule has 0 aromatic heterocycles. The SMILES string of the molecule is Cc1ccccc1CC(C)NC(=O)c1cc(N)cc(Br)c1. The zero-order chi connectivity index (χ0) is 15.4. The van der Waals surface area contributed by atoms with Gasteiger partial charge in [-0.25, -0.2) is 0 Å². The van der Waals surface area contributed by atoms with Gasteiger partial charge >= 0.3 is 0 Å². The molecule has 3 N–H and O–H groups in total. The average molecular weight is 347 g/mol. The maximum Gasteiger partial charge on any atom is 0.251 e. The Labute approximate surface area is 133 Å². The summed E-state index contributed by atoms with van der Waals surface area (Å²) >= 11 is 3.35. The van der Waals surface area contributed by atoms with Crippen molar-refractivity contribution in [3.8, 4) is 0 Å². The number of rotatable bonds is 4. The van der Waals surface area contributed by atoms with Gasteiger partial charge in [-0.05, 0) is 49.6 Å². The van der Waals surface area contributed by atoms with Gasteiger partial charge in [0.05, 0.1) is 0 Å². The minimum Gasteiger partial charge on any atom is -0.399 e. The molecule has 0 saturated heterocycles.